The molecule has 1 aromatic rings. The van der Waals surface area contributed by atoms with Crippen molar-refractivity contribution in [3.8, 4) is 0 Å². The first-order valence-corrected chi connectivity index (χ1v) is 9.31. The van der Waals surface area contributed by atoms with Crippen LogP contribution in [-0.4, -0.2) is 49.1 Å². The molecule has 1 atom stereocenters. The van der Waals surface area contributed by atoms with Crippen LogP contribution in [0.15, 0.2) is 29.2 Å². The molecule has 0 aromatic heterocycles. The third kappa shape index (κ3) is 4.31. The molecule has 1 aromatic carbocycles. The molecule has 1 unspecified atom stereocenters. The van der Waals surface area contributed by atoms with Crippen LogP contribution < -0.4 is 0 Å². The fraction of sp³-hybridized carbons (Fsp3) is 0.500. The summed E-state index contributed by atoms with van der Waals surface area (Å²) in [5.41, 5.74) is 0.891. The molecule has 2 rings (SSSR count). The number of aryl methyl sites for hydroxylation is 1. The molecule has 1 amide bonds. The van der Waals surface area contributed by atoms with Gasteiger partial charge in [0.1, 0.15) is 0 Å². The zero-order chi connectivity index (χ0) is 17.0. The van der Waals surface area contributed by atoms with Gasteiger partial charge in [-0.25, -0.2) is 8.42 Å². The minimum Gasteiger partial charge on any atom is -0.481 e. The van der Waals surface area contributed by atoms with Gasteiger partial charge in [-0.1, -0.05) is 19.1 Å². The number of hydrogen-bond donors (Lipinski definition) is 1. The van der Waals surface area contributed by atoms with E-state index in [1.807, 2.05) is 0 Å². The summed E-state index contributed by atoms with van der Waals surface area (Å²) in [7, 11) is -3.20. The molecule has 1 heterocycles. The van der Waals surface area contributed by atoms with Crippen molar-refractivity contribution in [1.29, 1.82) is 0 Å². The van der Waals surface area contributed by atoms with Crippen LogP contribution in [0.4, 0.5) is 0 Å². The summed E-state index contributed by atoms with van der Waals surface area (Å²) in [4.78, 5) is 24.9. The number of carbonyl (C=O) groups is 2. The van der Waals surface area contributed by atoms with Crippen molar-refractivity contribution >= 4 is 21.7 Å². The molecular weight excluding hydrogens is 318 g/mol. The SMILES string of the molecule is CCS(=O)(=O)c1ccc(CCC(=O)N2CCC(C(=O)O)C2)cc1. The third-order valence-corrected chi connectivity index (χ3v) is 5.93. The minimum absolute atomic E-state index is 0.0565. The maximum Gasteiger partial charge on any atom is 0.308 e. The summed E-state index contributed by atoms with van der Waals surface area (Å²) >= 11 is 0. The van der Waals surface area contributed by atoms with E-state index in [4.69, 9.17) is 5.11 Å². The quantitative estimate of drug-likeness (QED) is 0.844. The van der Waals surface area contributed by atoms with Gasteiger partial charge in [0.25, 0.3) is 0 Å². The Labute approximate surface area is 136 Å². The molecule has 0 aliphatic carbocycles. The van der Waals surface area contributed by atoms with Crippen molar-refractivity contribution < 1.29 is 23.1 Å². The number of benzene rings is 1. The van der Waals surface area contributed by atoms with Crippen molar-refractivity contribution in [2.75, 3.05) is 18.8 Å². The van der Waals surface area contributed by atoms with E-state index in [2.05, 4.69) is 0 Å². The lowest BCUT2D eigenvalue weighted by Crippen LogP contribution is -2.30. The molecule has 6 nitrogen and oxygen atoms in total. The van der Waals surface area contributed by atoms with Gasteiger partial charge < -0.3 is 10.0 Å². The lowest BCUT2D eigenvalue weighted by molar-refractivity contribution is -0.141. The topological polar surface area (TPSA) is 91.8 Å². The van der Waals surface area contributed by atoms with Crippen molar-refractivity contribution in [3.05, 3.63) is 29.8 Å². The zero-order valence-corrected chi connectivity index (χ0v) is 13.9. The van der Waals surface area contributed by atoms with E-state index in [0.29, 0.717) is 30.7 Å². The third-order valence-electron chi connectivity index (χ3n) is 4.18. The van der Waals surface area contributed by atoms with Gasteiger partial charge >= 0.3 is 5.97 Å². The fourth-order valence-corrected chi connectivity index (χ4v) is 3.51. The van der Waals surface area contributed by atoms with Crippen molar-refractivity contribution in [2.24, 2.45) is 5.92 Å². The second-order valence-corrected chi connectivity index (χ2v) is 7.99. The Morgan fingerprint density at radius 2 is 1.91 bits per heavy atom. The van der Waals surface area contributed by atoms with E-state index in [1.54, 1.807) is 36.1 Å². The van der Waals surface area contributed by atoms with Gasteiger partial charge in [-0.2, -0.15) is 0 Å². The van der Waals surface area contributed by atoms with Crippen LogP contribution in [0, 0.1) is 5.92 Å². The summed E-state index contributed by atoms with van der Waals surface area (Å²) in [6.07, 6.45) is 1.32. The van der Waals surface area contributed by atoms with Gasteiger partial charge in [0.05, 0.1) is 16.6 Å². The number of hydrogen-bond acceptors (Lipinski definition) is 4. The first-order chi connectivity index (χ1) is 10.8. The van der Waals surface area contributed by atoms with Crippen molar-refractivity contribution in [2.45, 2.75) is 31.1 Å². The van der Waals surface area contributed by atoms with Crippen LogP contribution in [0.25, 0.3) is 0 Å². The van der Waals surface area contributed by atoms with Gasteiger partial charge in [-0.05, 0) is 30.5 Å². The van der Waals surface area contributed by atoms with Crippen LogP contribution in [0.2, 0.25) is 0 Å². The number of carbonyl (C=O) groups excluding carboxylic acids is 1. The second kappa shape index (κ2) is 7.12. The van der Waals surface area contributed by atoms with Crippen LogP contribution in [0.1, 0.15) is 25.3 Å². The molecule has 1 saturated heterocycles. The van der Waals surface area contributed by atoms with Crippen molar-refractivity contribution in [1.82, 2.24) is 4.90 Å². The highest BCUT2D eigenvalue weighted by atomic mass is 32.2. The molecule has 0 saturated carbocycles. The largest absolute Gasteiger partial charge is 0.481 e. The van der Waals surface area contributed by atoms with Crippen LogP contribution in [-0.2, 0) is 25.8 Å². The fourth-order valence-electron chi connectivity index (χ4n) is 2.63. The summed E-state index contributed by atoms with van der Waals surface area (Å²) in [6.45, 7) is 2.37. The van der Waals surface area contributed by atoms with E-state index in [-0.39, 0.29) is 18.2 Å². The van der Waals surface area contributed by atoms with Crippen LogP contribution >= 0.6 is 0 Å². The number of rotatable bonds is 6. The average molecular weight is 339 g/mol. The predicted molar refractivity (Wildman–Crippen MR) is 84.8 cm³/mol. The van der Waals surface area contributed by atoms with E-state index in [0.717, 1.165) is 5.56 Å². The number of carboxylic acids is 1. The van der Waals surface area contributed by atoms with Crippen LogP contribution in [0.3, 0.4) is 0 Å². The molecule has 7 heteroatoms. The maximum atomic E-state index is 12.1. The molecule has 0 spiro atoms. The number of likely N-dealkylation sites (tertiary alicyclic amines) is 1. The van der Waals surface area contributed by atoms with E-state index in [1.165, 1.54) is 0 Å². The Balaban J connectivity index is 1.89. The number of carboxylic acid groups (broad SMARTS) is 1. The van der Waals surface area contributed by atoms with Gasteiger partial charge in [0, 0.05) is 19.5 Å². The monoisotopic (exact) mass is 339 g/mol. The van der Waals surface area contributed by atoms with E-state index in [9.17, 15) is 18.0 Å². The average Bonchev–Trinajstić information content (AvgIpc) is 3.03. The standard InChI is InChI=1S/C16H21NO5S/c1-2-23(21,22)14-6-3-12(4-7-14)5-8-15(18)17-10-9-13(11-17)16(19)20/h3-4,6-7,13H,2,5,8-11H2,1H3,(H,19,20). The Morgan fingerprint density at radius 3 is 2.43 bits per heavy atom. The van der Waals surface area contributed by atoms with Crippen molar-refractivity contribution in [3.63, 3.8) is 0 Å². The highest BCUT2D eigenvalue weighted by Gasteiger charge is 2.30. The molecule has 1 fully saturated rings. The first-order valence-electron chi connectivity index (χ1n) is 7.65. The van der Waals surface area contributed by atoms with Gasteiger partial charge in [-0.3, -0.25) is 9.59 Å². The highest BCUT2D eigenvalue weighted by Crippen LogP contribution is 2.18. The maximum absolute atomic E-state index is 12.1. The predicted octanol–water partition coefficient (Wildman–Crippen LogP) is 1.35. The molecule has 1 aliphatic rings. The molecule has 0 bridgehead atoms. The number of sulfone groups is 1. The first kappa shape index (κ1) is 17.5. The summed E-state index contributed by atoms with van der Waals surface area (Å²) in [5, 5.41) is 8.95. The Hall–Kier alpha value is -1.89. The summed E-state index contributed by atoms with van der Waals surface area (Å²) in [6, 6.07) is 6.57. The van der Waals surface area contributed by atoms with Gasteiger partial charge in [0.15, 0.2) is 9.84 Å². The number of aliphatic carboxylic acids is 1. The molecule has 0 radical (unpaired) electrons. The summed E-state index contributed by atoms with van der Waals surface area (Å²) in [5.74, 6) is -1.31. The summed E-state index contributed by atoms with van der Waals surface area (Å²) < 4.78 is 23.5. The number of amides is 1. The lowest BCUT2D eigenvalue weighted by Gasteiger charge is -2.15. The second-order valence-electron chi connectivity index (χ2n) is 5.71. The van der Waals surface area contributed by atoms with Gasteiger partial charge in [0.2, 0.25) is 5.91 Å². The van der Waals surface area contributed by atoms with E-state index >= 15 is 0 Å². The molecule has 23 heavy (non-hydrogen) atoms. The Bertz CT molecular complexity index is 681. The zero-order valence-electron chi connectivity index (χ0n) is 13.1. The van der Waals surface area contributed by atoms with Gasteiger partial charge in [-0.15, -0.1) is 0 Å². The molecule has 1 N–H and O–H groups in total. The molecule has 126 valence electrons. The Kier molecular flexibility index (Phi) is 5.41. The molecule has 1 aliphatic heterocycles. The molecular formula is C16H21NO5S. The highest BCUT2D eigenvalue weighted by molar-refractivity contribution is 7.91. The van der Waals surface area contributed by atoms with Crippen LogP contribution in [0.5, 0.6) is 0 Å². The minimum atomic E-state index is -3.20. The smallest absolute Gasteiger partial charge is 0.308 e. The van der Waals surface area contributed by atoms with E-state index < -0.39 is 21.7 Å². The lowest BCUT2D eigenvalue weighted by atomic mass is 10.1. The number of nitrogens with zero attached hydrogens (tertiary/aromatic N) is 1. The Morgan fingerprint density at radius 1 is 1.26 bits per heavy atom. The normalized spacial score (nSPS) is 18.1.